The van der Waals surface area contributed by atoms with Crippen LogP contribution in [-0.4, -0.2) is 62.4 Å². The third kappa shape index (κ3) is 6.84. The van der Waals surface area contributed by atoms with Crippen LogP contribution < -0.4 is 16.0 Å². The fourth-order valence-electron chi connectivity index (χ4n) is 3.88. The lowest BCUT2D eigenvalue weighted by molar-refractivity contribution is -0.122. The number of rotatable bonds is 6. The van der Waals surface area contributed by atoms with Crippen LogP contribution >= 0.6 is 0 Å². The molecule has 0 spiro atoms. The van der Waals surface area contributed by atoms with Crippen molar-refractivity contribution in [2.75, 3.05) is 33.7 Å². The average Bonchev–Trinajstić information content (AvgIpc) is 2.67. The Bertz CT molecular complexity index is 480. The average molecular weight is 366 g/mol. The largest absolute Gasteiger partial charge is 0.359 e. The van der Waals surface area contributed by atoms with Crippen molar-refractivity contribution in [3.05, 3.63) is 0 Å². The van der Waals surface area contributed by atoms with Crippen LogP contribution in [0, 0.1) is 5.92 Å². The first-order chi connectivity index (χ1) is 12.6. The number of likely N-dealkylation sites (tertiary alicyclic amines) is 1. The Morgan fingerprint density at radius 3 is 2.35 bits per heavy atom. The van der Waals surface area contributed by atoms with Gasteiger partial charge in [0, 0.05) is 52.6 Å². The van der Waals surface area contributed by atoms with E-state index in [2.05, 4.69) is 25.8 Å². The van der Waals surface area contributed by atoms with Crippen molar-refractivity contribution in [3.8, 4) is 0 Å². The number of piperidine rings is 1. The first-order valence-electron chi connectivity index (χ1n) is 10.1. The molecule has 2 aliphatic rings. The lowest BCUT2D eigenvalue weighted by atomic mass is 9.93. The van der Waals surface area contributed by atoms with Crippen LogP contribution in [0.2, 0.25) is 0 Å². The van der Waals surface area contributed by atoms with Gasteiger partial charge >= 0.3 is 0 Å². The molecule has 2 fully saturated rings. The normalized spacial score (nSPS) is 19.9. The van der Waals surface area contributed by atoms with Gasteiger partial charge in [-0.3, -0.25) is 14.6 Å². The molecule has 1 heterocycles. The molecule has 1 aliphatic carbocycles. The number of hydrogen-bond donors (Lipinski definition) is 3. The summed E-state index contributed by atoms with van der Waals surface area (Å²) in [5, 5.41) is 9.16. The number of guanidine groups is 1. The second kappa shape index (κ2) is 11.0. The van der Waals surface area contributed by atoms with Gasteiger partial charge in [0.05, 0.1) is 0 Å². The fourth-order valence-corrected chi connectivity index (χ4v) is 3.88. The van der Waals surface area contributed by atoms with Crippen LogP contribution in [0.3, 0.4) is 0 Å². The van der Waals surface area contributed by atoms with Crippen molar-refractivity contribution in [2.24, 2.45) is 10.9 Å². The molecule has 26 heavy (non-hydrogen) atoms. The predicted molar refractivity (Wildman–Crippen MR) is 104 cm³/mol. The fraction of sp³-hybridized carbons (Fsp3) is 0.842. The quantitative estimate of drug-likeness (QED) is 0.488. The molecule has 0 aromatic rings. The van der Waals surface area contributed by atoms with Crippen LogP contribution in [-0.2, 0) is 9.59 Å². The van der Waals surface area contributed by atoms with Crippen LogP contribution in [0.15, 0.2) is 4.99 Å². The Balaban J connectivity index is 1.64. The molecule has 2 amide bonds. The molecule has 3 N–H and O–H groups in total. The first kappa shape index (κ1) is 20.5. The number of amides is 2. The van der Waals surface area contributed by atoms with E-state index in [1.54, 1.807) is 14.1 Å². The monoisotopic (exact) mass is 365 g/mol. The molecule has 7 nitrogen and oxygen atoms in total. The molecular formula is C19H35N5O2. The van der Waals surface area contributed by atoms with Gasteiger partial charge in [-0.1, -0.05) is 19.3 Å². The second-order valence-corrected chi connectivity index (χ2v) is 7.43. The number of nitrogens with one attached hydrogen (secondary N) is 3. The third-order valence-electron chi connectivity index (χ3n) is 5.48. The van der Waals surface area contributed by atoms with Gasteiger partial charge in [0.1, 0.15) is 0 Å². The van der Waals surface area contributed by atoms with Gasteiger partial charge in [-0.05, 0) is 31.6 Å². The minimum absolute atomic E-state index is 0.120. The van der Waals surface area contributed by atoms with Crippen molar-refractivity contribution in [3.63, 3.8) is 0 Å². The maximum Gasteiger partial charge on any atom is 0.221 e. The second-order valence-electron chi connectivity index (χ2n) is 7.43. The van der Waals surface area contributed by atoms with E-state index in [1.165, 1.54) is 19.3 Å². The van der Waals surface area contributed by atoms with Crippen molar-refractivity contribution < 1.29 is 9.59 Å². The standard InChI is InChI=1S/C19H35N5O2/c1-20-18(26)14-15-9-12-24(13-10-15)19(21-2)22-11-8-17(25)23-16-6-4-3-5-7-16/h15-16H,3-14H2,1-2H3,(H,20,26)(H,21,22)(H,23,25). The molecule has 0 unspecified atom stereocenters. The highest BCUT2D eigenvalue weighted by Gasteiger charge is 2.23. The van der Waals surface area contributed by atoms with Crippen LogP contribution in [0.5, 0.6) is 0 Å². The van der Waals surface area contributed by atoms with Crippen molar-refractivity contribution in [2.45, 2.75) is 63.8 Å². The summed E-state index contributed by atoms with van der Waals surface area (Å²) in [6.07, 6.45) is 9.06. The molecule has 148 valence electrons. The van der Waals surface area contributed by atoms with Gasteiger partial charge in [-0.25, -0.2) is 0 Å². The minimum Gasteiger partial charge on any atom is -0.359 e. The van der Waals surface area contributed by atoms with E-state index in [-0.39, 0.29) is 11.8 Å². The molecule has 1 saturated carbocycles. The van der Waals surface area contributed by atoms with Crippen LogP contribution in [0.25, 0.3) is 0 Å². The lowest BCUT2D eigenvalue weighted by Crippen LogP contribution is -2.47. The smallest absolute Gasteiger partial charge is 0.221 e. The summed E-state index contributed by atoms with van der Waals surface area (Å²) in [4.78, 5) is 30.2. The highest BCUT2D eigenvalue weighted by Crippen LogP contribution is 2.20. The molecule has 2 rings (SSSR count). The summed E-state index contributed by atoms with van der Waals surface area (Å²) in [5.41, 5.74) is 0. The zero-order chi connectivity index (χ0) is 18.8. The van der Waals surface area contributed by atoms with Crippen molar-refractivity contribution in [1.82, 2.24) is 20.9 Å². The summed E-state index contributed by atoms with van der Waals surface area (Å²) in [5.74, 6) is 1.55. The van der Waals surface area contributed by atoms with Crippen molar-refractivity contribution in [1.29, 1.82) is 0 Å². The molecule has 0 aromatic heterocycles. The summed E-state index contributed by atoms with van der Waals surface area (Å²) >= 11 is 0. The predicted octanol–water partition coefficient (Wildman–Crippen LogP) is 1.25. The maximum absolute atomic E-state index is 12.1. The number of nitrogens with zero attached hydrogens (tertiary/aromatic N) is 2. The number of hydrogen-bond acceptors (Lipinski definition) is 3. The number of carbonyl (C=O) groups excluding carboxylic acids is 2. The summed E-state index contributed by atoms with van der Waals surface area (Å²) in [6, 6.07) is 0.370. The lowest BCUT2D eigenvalue weighted by Gasteiger charge is -2.34. The van der Waals surface area contributed by atoms with E-state index >= 15 is 0 Å². The summed E-state index contributed by atoms with van der Waals surface area (Å²) in [6.45, 7) is 2.40. The van der Waals surface area contributed by atoms with Gasteiger partial charge in [0.2, 0.25) is 11.8 Å². The Morgan fingerprint density at radius 1 is 1.04 bits per heavy atom. The highest BCUT2D eigenvalue weighted by molar-refractivity contribution is 5.81. The van der Waals surface area contributed by atoms with E-state index in [9.17, 15) is 9.59 Å². The molecule has 1 saturated heterocycles. The van der Waals surface area contributed by atoms with Crippen molar-refractivity contribution >= 4 is 17.8 Å². The molecule has 0 atom stereocenters. The molecule has 7 heteroatoms. The summed E-state index contributed by atoms with van der Waals surface area (Å²) < 4.78 is 0. The van der Waals surface area contributed by atoms with E-state index in [0.29, 0.717) is 31.3 Å². The van der Waals surface area contributed by atoms with Gasteiger partial charge in [0.25, 0.3) is 0 Å². The van der Waals surface area contributed by atoms with Gasteiger partial charge in [-0.15, -0.1) is 0 Å². The van der Waals surface area contributed by atoms with E-state index < -0.39 is 0 Å². The van der Waals surface area contributed by atoms with E-state index in [1.807, 2.05) is 0 Å². The summed E-state index contributed by atoms with van der Waals surface area (Å²) in [7, 11) is 3.47. The molecular weight excluding hydrogens is 330 g/mol. The molecule has 0 bridgehead atoms. The molecule has 1 aliphatic heterocycles. The van der Waals surface area contributed by atoms with E-state index in [0.717, 1.165) is 44.7 Å². The Labute approximate surface area is 157 Å². The Morgan fingerprint density at radius 2 is 1.73 bits per heavy atom. The first-order valence-corrected chi connectivity index (χ1v) is 10.1. The Hall–Kier alpha value is -1.79. The maximum atomic E-state index is 12.1. The van der Waals surface area contributed by atoms with Gasteiger partial charge < -0.3 is 20.9 Å². The zero-order valence-electron chi connectivity index (χ0n) is 16.4. The SMILES string of the molecule is CN=C(NCCC(=O)NC1CCCCC1)N1CCC(CC(=O)NC)CC1. The zero-order valence-corrected chi connectivity index (χ0v) is 16.4. The van der Waals surface area contributed by atoms with Gasteiger partial charge in [0.15, 0.2) is 5.96 Å². The topological polar surface area (TPSA) is 85.8 Å². The van der Waals surface area contributed by atoms with E-state index in [4.69, 9.17) is 0 Å². The number of carbonyl (C=O) groups is 2. The molecule has 0 radical (unpaired) electrons. The highest BCUT2D eigenvalue weighted by atomic mass is 16.2. The Kier molecular flexibility index (Phi) is 8.71. The minimum atomic E-state index is 0.120. The van der Waals surface area contributed by atoms with Crippen LogP contribution in [0.4, 0.5) is 0 Å². The van der Waals surface area contributed by atoms with Gasteiger partial charge in [-0.2, -0.15) is 0 Å². The van der Waals surface area contributed by atoms with Crippen LogP contribution in [0.1, 0.15) is 57.8 Å². The third-order valence-corrected chi connectivity index (χ3v) is 5.48. The molecule has 0 aromatic carbocycles. The number of aliphatic imine (C=N–C) groups is 1.